The van der Waals surface area contributed by atoms with Gasteiger partial charge in [0.05, 0.1) is 0 Å². The Morgan fingerprint density at radius 1 is 1.00 bits per heavy atom. The SMILES string of the molecule is CCC(N=NC(CC)C(=N)N)C(=N)N.Cl. The summed E-state index contributed by atoms with van der Waals surface area (Å²) in [5.41, 5.74) is 10.6. The van der Waals surface area contributed by atoms with Crippen LogP contribution in [0.25, 0.3) is 0 Å². The van der Waals surface area contributed by atoms with Crippen LogP contribution in [0.15, 0.2) is 10.2 Å². The smallest absolute Gasteiger partial charge is 0.127 e. The molecule has 0 saturated heterocycles. The van der Waals surface area contributed by atoms with Crippen molar-refractivity contribution in [2.45, 2.75) is 38.8 Å². The predicted molar refractivity (Wildman–Crippen MR) is 64.1 cm³/mol. The molecule has 0 aliphatic rings. The highest BCUT2D eigenvalue weighted by Gasteiger charge is 2.11. The van der Waals surface area contributed by atoms with Gasteiger partial charge >= 0.3 is 0 Å². The Hall–Kier alpha value is -1.17. The van der Waals surface area contributed by atoms with E-state index in [0.29, 0.717) is 12.8 Å². The van der Waals surface area contributed by atoms with Crippen molar-refractivity contribution in [2.24, 2.45) is 21.7 Å². The van der Waals surface area contributed by atoms with Crippen LogP contribution in [0.5, 0.6) is 0 Å². The molecule has 6 N–H and O–H groups in total. The van der Waals surface area contributed by atoms with Crippen LogP contribution in [-0.2, 0) is 0 Å². The summed E-state index contributed by atoms with van der Waals surface area (Å²) in [6.45, 7) is 3.75. The first kappa shape index (κ1) is 16.3. The molecule has 0 fully saturated rings. The molecule has 15 heavy (non-hydrogen) atoms. The molecule has 0 saturated carbocycles. The topological polar surface area (TPSA) is 124 Å². The first-order valence-electron chi connectivity index (χ1n) is 4.60. The first-order valence-corrected chi connectivity index (χ1v) is 4.60. The molecule has 0 aliphatic carbocycles. The lowest BCUT2D eigenvalue weighted by atomic mass is 10.2. The molecule has 88 valence electrons. The van der Waals surface area contributed by atoms with Crippen LogP contribution in [-0.4, -0.2) is 23.8 Å². The van der Waals surface area contributed by atoms with E-state index in [1.165, 1.54) is 0 Å². The van der Waals surface area contributed by atoms with E-state index in [2.05, 4.69) is 10.2 Å². The van der Waals surface area contributed by atoms with E-state index in [1.54, 1.807) is 0 Å². The van der Waals surface area contributed by atoms with Crippen molar-refractivity contribution in [2.75, 3.05) is 0 Å². The second kappa shape index (κ2) is 8.16. The van der Waals surface area contributed by atoms with Crippen LogP contribution in [0.1, 0.15) is 26.7 Å². The van der Waals surface area contributed by atoms with Gasteiger partial charge in [-0.3, -0.25) is 10.8 Å². The summed E-state index contributed by atoms with van der Waals surface area (Å²) in [5.74, 6) is -0.00990. The van der Waals surface area contributed by atoms with E-state index >= 15 is 0 Å². The van der Waals surface area contributed by atoms with Crippen LogP contribution in [0, 0.1) is 10.8 Å². The fraction of sp³-hybridized carbons (Fsp3) is 0.750. The van der Waals surface area contributed by atoms with Gasteiger partial charge in [-0.15, -0.1) is 12.4 Å². The lowest BCUT2D eigenvalue weighted by Gasteiger charge is -2.09. The lowest BCUT2D eigenvalue weighted by molar-refractivity contribution is 0.680. The third kappa shape index (κ3) is 6.01. The van der Waals surface area contributed by atoms with Gasteiger partial charge in [0.25, 0.3) is 0 Å². The van der Waals surface area contributed by atoms with E-state index in [9.17, 15) is 0 Å². The summed E-state index contributed by atoms with van der Waals surface area (Å²) >= 11 is 0. The van der Waals surface area contributed by atoms with Gasteiger partial charge in [0.2, 0.25) is 0 Å². The minimum absolute atomic E-state index is 0. The highest BCUT2D eigenvalue weighted by molar-refractivity contribution is 5.85. The maximum absolute atomic E-state index is 7.20. The number of hydrogen-bond acceptors (Lipinski definition) is 4. The summed E-state index contributed by atoms with van der Waals surface area (Å²) in [6.07, 6.45) is 1.26. The normalized spacial score (nSPS) is 14.3. The maximum Gasteiger partial charge on any atom is 0.127 e. The third-order valence-electron chi connectivity index (χ3n) is 1.84. The molecule has 2 atom stereocenters. The monoisotopic (exact) mass is 234 g/mol. The Morgan fingerprint density at radius 3 is 1.40 bits per heavy atom. The number of hydrogen-bond donors (Lipinski definition) is 4. The summed E-state index contributed by atoms with van der Waals surface area (Å²) in [4.78, 5) is 0. The standard InChI is InChI=1S/C8H18N6.ClH/c1-3-5(7(9)10)13-14-6(4-2)8(11)12;/h5-6H,3-4H2,1-2H3,(H3,9,10)(H3,11,12);1H. The van der Waals surface area contributed by atoms with Crippen molar-refractivity contribution in [3.8, 4) is 0 Å². The molecule has 0 radical (unpaired) electrons. The van der Waals surface area contributed by atoms with Crippen molar-refractivity contribution in [3.05, 3.63) is 0 Å². The zero-order valence-corrected chi connectivity index (χ0v) is 9.84. The summed E-state index contributed by atoms with van der Waals surface area (Å²) in [7, 11) is 0. The third-order valence-corrected chi connectivity index (χ3v) is 1.84. The van der Waals surface area contributed by atoms with E-state index in [0.717, 1.165) is 0 Å². The molecule has 0 amide bonds. The summed E-state index contributed by atoms with van der Waals surface area (Å²) in [6, 6.07) is -0.771. The number of halogens is 1. The second-order valence-corrected chi connectivity index (χ2v) is 2.99. The Balaban J connectivity index is 0. The average Bonchev–Trinajstić information content (AvgIpc) is 2.11. The zero-order valence-electron chi connectivity index (χ0n) is 9.03. The van der Waals surface area contributed by atoms with Crippen LogP contribution < -0.4 is 11.5 Å². The van der Waals surface area contributed by atoms with Crippen molar-refractivity contribution in [1.82, 2.24) is 0 Å². The summed E-state index contributed by atoms with van der Waals surface area (Å²) < 4.78 is 0. The zero-order chi connectivity index (χ0) is 11.1. The quantitative estimate of drug-likeness (QED) is 0.314. The van der Waals surface area contributed by atoms with E-state index in [-0.39, 0.29) is 36.2 Å². The number of nitrogens with one attached hydrogen (secondary N) is 2. The average molecular weight is 235 g/mol. The van der Waals surface area contributed by atoms with E-state index < -0.39 is 0 Å². The molecule has 0 rings (SSSR count). The van der Waals surface area contributed by atoms with E-state index in [1.807, 2.05) is 13.8 Å². The molecule has 7 heteroatoms. The van der Waals surface area contributed by atoms with E-state index in [4.69, 9.17) is 22.3 Å². The van der Waals surface area contributed by atoms with Crippen LogP contribution in [0.2, 0.25) is 0 Å². The maximum atomic E-state index is 7.20. The molecule has 0 aromatic heterocycles. The van der Waals surface area contributed by atoms with Crippen molar-refractivity contribution < 1.29 is 0 Å². The van der Waals surface area contributed by atoms with Crippen LogP contribution in [0.4, 0.5) is 0 Å². The van der Waals surface area contributed by atoms with Crippen LogP contribution in [0.3, 0.4) is 0 Å². The minimum Gasteiger partial charge on any atom is -0.386 e. The summed E-state index contributed by atoms with van der Waals surface area (Å²) in [5, 5.41) is 22.2. The minimum atomic E-state index is -0.386. The fourth-order valence-corrected chi connectivity index (χ4v) is 0.888. The molecule has 0 aromatic rings. The molecule has 0 aromatic carbocycles. The van der Waals surface area contributed by atoms with Gasteiger partial charge in [-0.1, -0.05) is 13.8 Å². The Morgan fingerprint density at radius 2 is 1.27 bits per heavy atom. The molecular weight excluding hydrogens is 216 g/mol. The van der Waals surface area contributed by atoms with Gasteiger partial charge in [0.1, 0.15) is 23.8 Å². The van der Waals surface area contributed by atoms with Gasteiger partial charge in [0, 0.05) is 0 Å². The first-order chi connectivity index (χ1) is 6.52. The van der Waals surface area contributed by atoms with Gasteiger partial charge in [0.15, 0.2) is 0 Å². The highest BCUT2D eigenvalue weighted by Crippen LogP contribution is 2.02. The Labute approximate surface area is 95.9 Å². The van der Waals surface area contributed by atoms with Gasteiger partial charge in [-0.05, 0) is 12.8 Å². The molecule has 0 spiro atoms. The molecular formula is C8H19ClN6. The molecule has 0 aliphatic heterocycles. The second-order valence-electron chi connectivity index (χ2n) is 2.99. The largest absolute Gasteiger partial charge is 0.386 e. The molecule has 6 nitrogen and oxygen atoms in total. The molecule has 0 bridgehead atoms. The number of rotatable bonds is 6. The lowest BCUT2D eigenvalue weighted by Crippen LogP contribution is -2.28. The molecule has 0 heterocycles. The van der Waals surface area contributed by atoms with Gasteiger partial charge in [-0.2, -0.15) is 10.2 Å². The Kier molecular flexibility index (Phi) is 8.85. The number of nitrogens with zero attached hydrogens (tertiary/aromatic N) is 2. The van der Waals surface area contributed by atoms with Crippen molar-refractivity contribution >= 4 is 24.1 Å². The number of azo groups is 1. The predicted octanol–water partition coefficient (Wildman–Crippen LogP) is 1.29. The highest BCUT2D eigenvalue weighted by atomic mass is 35.5. The van der Waals surface area contributed by atoms with Gasteiger partial charge < -0.3 is 11.5 Å². The fourth-order valence-electron chi connectivity index (χ4n) is 0.888. The molecule has 2 unspecified atom stereocenters. The van der Waals surface area contributed by atoms with Crippen LogP contribution >= 0.6 is 12.4 Å². The van der Waals surface area contributed by atoms with Crippen molar-refractivity contribution in [1.29, 1.82) is 10.8 Å². The van der Waals surface area contributed by atoms with Crippen molar-refractivity contribution in [3.63, 3.8) is 0 Å². The Bertz CT molecular complexity index is 215. The number of amidine groups is 2. The van der Waals surface area contributed by atoms with Gasteiger partial charge in [-0.25, -0.2) is 0 Å². The number of nitrogens with two attached hydrogens (primary N) is 2.